The van der Waals surface area contributed by atoms with Gasteiger partial charge in [0.15, 0.2) is 0 Å². The van der Waals surface area contributed by atoms with Crippen LogP contribution < -0.4 is 0 Å². The van der Waals surface area contributed by atoms with Crippen molar-refractivity contribution in [2.45, 2.75) is 37.6 Å². The van der Waals surface area contributed by atoms with Crippen LogP contribution in [-0.4, -0.2) is 31.8 Å². The zero-order valence-corrected chi connectivity index (χ0v) is 15.2. The van der Waals surface area contributed by atoms with Crippen molar-refractivity contribution in [3.8, 4) is 0 Å². The smallest absolute Gasteiger partial charge is 0.264 e. The van der Waals surface area contributed by atoms with Gasteiger partial charge in [0.05, 0.1) is 5.56 Å². The Morgan fingerprint density at radius 1 is 1.43 bits per heavy atom. The van der Waals surface area contributed by atoms with Crippen molar-refractivity contribution in [3.63, 3.8) is 0 Å². The highest BCUT2D eigenvalue weighted by Gasteiger charge is 2.29. The molecule has 0 heterocycles. The zero-order valence-electron chi connectivity index (χ0n) is 12.1. The summed E-state index contributed by atoms with van der Waals surface area (Å²) in [5.74, 6) is -1.43. The van der Waals surface area contributed by atoms with Gasteiger partial charge >= 0.3 is 0 Å². The Balaban J connectivity index is 3.41. The Bertz CT molecular complexity index is 676. The van der Waals surface area contributed by atoms with E-state index in [4.69, 9.17) is 10.7 Å². The molecule has 0 aliphatic carbocycles. The Kier molecular flexibility index (Phi) is 5.45. The van der Waals surface area contributed by atoms with E-state index in [2.05, 4.69) is 15.9 Å². The Morgan fingerprint density at radius 3 is 2.38 bits per heavy atom. The Hall–Kier alpha value is -0.660. The van der Waals surface area contributed by atoms with E-state index >= 15 is 0 Å². The molecule has 21 heavy (non-hydrogen) atoms. The fourth-order valence-electron chi connectivity index (χ4n) is 1.57. The van der Waals surface area contributed by atoms with Crippen molar-refractivity contribution in [2.24, 2.45) is 0 Å². The van der Waals surface area contributed by atoms with Crippen LogP contribution in [0.25, 0.3) is 0 Å². The van der Waals surface area contributed by atoms with Crippen LogP contribution in [0.4, 0.5) is 4.39 Å². The lowest BCUT2D eigenvalue weighted by atomic mass is 9.99. The number of hydrogen-bond acceptors (Lipinski definition) is 3. The molecule has 0 unspecified atom stereocenters. The molecule has 0 N–H and O–H groups in total. The minimum atomic E-state index is -4.27. The third-order valence-corrected chi connectivity index (χ3v) is 5.59. The molecule has 1 rings (SSSR count). The molecule has 0 fully saturated rings. The lowest BCUT2D eigenvalue weighted by molar-refractivity contribution is 0.0619. The third kappa shape index (κ3) is 3.96. The van der Waals surface area contributed by atoms with Gasteiger partial charge in [0, 0.05) is 27.7 Å². The molecule has 0 saturated heterocycles. The number of carbonyl (C=O) groups excluding carboxylic acids is 1. The van der Waals surface area contributed by atoms with Gasteiger partial charge in [0.2, 0.25) is 0 Å². The maximum absolute atomic E-state index is 13.7. The first-order chi connectivity index (χ1) is 9.41. The number of carbonyl (C=O) groups is 1. The van der Waals surface area contributed by atoms with Crippen LogP contribution in [0.2, 0.25) is 0 Å². The van der Waals surface area contributed by atoms with Crippen LogP contribution >= 0.6 is 26.6 Å². The first-order valence-electron chi connectivity index (χ1n) is 6.13. The first-order valence-corrected chi connectivity index (χ1v) is 9.24. The normalized spacial score (nSPS) is 12.3. The van der Waals surface area contributed by atoms with Crippen molar-refractivity contribution in [1.82, 2.24) is 4.90 Å². The van der Waals surface area contributed by atoms with Gasteiger partial charge in [-0.05, 0) is 48.3 Å². The summed E-state index contributed by atoms with van der Waals surface area (Å²) in [7, 11) is 2.52. The molecule has 1 aromatic rings. The summed E-state index contributed by atoms with van der Waals surface area (Å²) < 4.78 is 36.5. The van der Waals surface area contributed by atoms with Crippen LogP contribution in [0.3, 0.4) is 0 Å². The molecular formula is C13H16BrClFNO3S. The van der Waals surface area contributed by atoms with E-state index in [1.807, 2.05) is 20.8 Å². The topological polar surface area (TPSA) is 54.5 Å². The molecule has 0 radical (unpaired) electrons. The molecule has 0 aliphatic rings. The van der Waals surface area contributed by atoms with Crippen molar-refractivity contribution in [3.05, 3.63) is 28.0 Å². The third-order valence-electron chi connectivity index (χ3n) is 3.59. The molecule has 0 aromatic heterocycles. The van der Waals surface area contributed by atoms with E-state index in [0.717, 1.165) is 12.1 Å². The minimum Gasteiger partial charge on any atom is -0.337 e. The standard InChI is InChI=1S/C13H16BrClFNO3S/c1-5-13(2,3)17(4)12(18)8-6-11(21(15,19)20)10(16)7-9(8)14/h6-7H,5H2,1-4H3. The van der Waals surface area contributed by atoms with Crippen molar-refractivity contribution in [1.29, 1.82) is 0 Å². The largest absolute Gasteiger partial charge is 0.337 e. The maximum atomic E-state index is 13.7. The lowest BCUT2D eigenvalue weighted by Gasteiger charge is -2.35. The SMILES string of the molecule is CCC(C)(C)N(C)C(=O)c1cc(S(=O)(=O)Cl)c(F)cc1Br. The second-order valence-corrected chi connectivity index (χ2v) is 8.62. The van der Waals surface area contributed by atoms with Gasteiger partial charge in [-0.15, -0.1) is 0 Å². The van der Waals surface area contributed by atoms with E-state index in [1.165, 1.54) is 4.90 Å². The molecule has 0 saturated carbocycles. The second kappa shape index (κ2) is 6.22. The van der Waals surface area contributed by atoms with E-state index < -0.39 is 31.2 Å². The molecule has 0 aliphatic heterocycles. The van der Waals surface area contributed by atoms with Crippen molar-refractivity contribution in [2.75, 3.05) is 7.05 Å². The summed E-state index contributed by atoms with van der Waals surface area (Å²) in [6.07, 6.45) is 0.703. The van der Waals surface area contributed by atoms with Gasteiger partial charge in [-0.3, -0.25) is 4.79 Å². The number of rotatable bonds is 4. The van der Waals surface area contributed by atoms with E-state index in [0.29, 0.717) is 6.42 Å². The second-order valence-electron chi connectivity index (χ2n) is 5.23. The molecule has 8 heteroatoms. The number of amides is 1. The summed E-state index contributed by atoms with van der Waals surface area (Å²) >= 11 is 3.08. The van der Waals surface area contributed by atoms with Crippen molar-refractivity contribution < 1.29 is 17.6 Å². The summed E-state index contributed by atoms with van der Waals surface area (Å²) in [5, 5.41) is 0. The van der Waals surface area contributed by atoms with E-state index in [-0.39, 0.29) is 10.0 Å². The molecule has 1 amide bonds. The van der Waals surface area contributed by atoms with Crippen molar-refractivity contribution >= 4 is 41.6 Å². The summed E-state index contributed by atoms with van der Waals surface area (Å²) in [5.41, 5.74) is -0.384. The average Bonchev–Trinajstić information content (AvgIpc) is 2.35. The quantitative estimate of drug-likeness (QED) is 0.723. The van der Waals surface area contributed by atoms with Gasteiger partial charge in [0.25, 0.3) is 15.0 Å². The van der Waals surface area contributed by atoms with E-state index in [1.54, 1.807) is 7.05 Å². The Labute approximate surface area is 136 Å². The summed E-state index contributed by atoms with van der Waals surface area (Å²) in [6, 6.07) is 1.88. The van der Waals surface area contributed by atoms with Gasteiger partial charge in [0.1, 0.15) is 10.7 Å². The predicted octanol–water partition coefficient (Wildman–Crippen LogP) is 3.78. The van der Waals surface area contributed by atoms with Gasteiger partial charge in [-0.2, -0.15) is 0 Å². The highest BCUT2D eigenvalue weighted by Crippen LogP contribution is 2.29. The molecule has 4 nitrogen and oxygen atoms in total. The van der Waals surface area contributed by atoms with E-state index in [9.17, 15) is 17.6 Å². The maximum Gasteiger partial charge on any atom is 0.264 e. The van der Waals surface area contributed by atoms with Crippen LogP contribution in [-0.2, 0) is 9.05 Å². The van der Waals surface area contributed by atoms with Gasteiger partial charge in [-0.1, -0.05) is 6.92 Å². The van der Waals surface area contributed by atoms with Crippen LogP contribution in [0.1, 0.15) is 37.6 Å². The Morgan fingerprint density at radius 2 is 1.95 bits per heavy atom. The zero-order chi connectivity index (χ0) is 16.6. The summed E-state index contributed by atoms with van der Waals surface area (Å²) in [4.78, 5) is 13.3. The van der Waals surface area contributed by atoms with Gasteiger partial charge in [-0.25, -0.2) is 12.8 Å². The number of halogens is 3. The summed E-state index contributed by atoms with van der Waals surface area (Å²) in [6.45, 7) is 5.68. The van der Waals surface area contributed by atoms with Crippen LogP contribution in [0.5, 0.6) is 0 Å². The van der Waals surface area contributed by atoms with Crippen LogP contribution in [0.15, 0.2) is 21.5 Å². The fourth-order valence-corrected chi connectivity index (χ4v) is 2.96. The molecular weight excluding hydrogens is 385 g/mol. The predicted molar refractivity (Wildman–Crippen MR) is 83.6 cm³/mol. The number of nitrogens with zero attached hydrogens (tertiary/aromatic N) is 1. The van der Waals surface area contributed by atoms with Gasteiger partial charge < -0.3 is 4.90 Å². The molecule has 0 atom stereocenters. The molecule has 118 valence electrons. The highest BCUT2D eigenvalue weighted by atomic mass is 79.9. The molecule has 1 aromatic carbocycles. The monoisotopic (exact) mass is 399 g/mol. The minimum absolute atomic E-state index is 0.0413. The number of benzene rings is 1. The van der Waals surface area contributed by atoms with Crippen LogP contribution in [0, 0.1) is 5.82 Å². The molecule has 0 bridgehead atoms. The molecule has 0 spiro atoms. The first kappa shape index (κ1) is 18.4. The number of hydrogen-bond donors (Lipinski definition) is 0. The fraction of sp³-hybridized carbons (Fsp3) is 0.462. The lowest BCUT2D eigenvalue weighted by Crippen LogP contribution is -2.44. The average molecular weight is 401 g/mol. The highest BCUT2D eigenvalue weighted by molar-refractivity contribution is 9.10.